The second-order valence-electron chi connectivity index (χ2n) is 6.27. The van der Waals surface area contributed by atoms with Gasteiger partial charge in [0.25, 0.3) is 0 Å². The molecule has 0 spiro atoms. The summed E-state index contributed by atoms with van der Waals surface area (Å²) in [7, 11) is 0. The molecule has 2 rings (SSSR count). The van der Waals surface area contributed by atoms with Crippen LogP contribution in [-0.4, -0.2) is 32.1 Å². The lowest BCUT2D eigenvalue weighted by Crippen LogP contribution is -2.51. The SMILES string of the molecule is CC(C)(C)c1cccc(OCCNC(=O)C2CNC2)c1. The molecule has 0 aliphatic carbocycles. The van der Waals surface area contributed by atoms with E-state index in [0.717, 1.165) is 18.8 Å². The number of hydrogen-bond donors (Lipinski definition) is 2. The van der Waals surface area contributed by atoms with E-state index >= 15 is 0 Å². The van der Waals surface area contributed by atoms with Gasteiger partial charge in [-0.2, -0.15) is 0 Å². The van der Waals surface area contributed by atoms with Crippen molar-refractivity contribution < 1.29 is 9.53 Å². The Morgan fingerprint density at radius 1 is 1.40 bits per heavy atom. The van der Waals surface area contributed by atoms with Crippen molar-refractivity contribution in [3.63, 3.8) is 0 Å². The summed E-state index contributed by atoms with van der Waals surface area (Å²) in [6, 6.07) is 8.14. The average molecular weight is 276 g/mol. The van der Waals surface area contributed by atoms with E-state index in [0.29, 0.717) is 13.2 Å². The van der Waals surface area contributed by atoms with Crippen LogP contribution in [0.15, 0.2) is 24.3 Å². The minimum atomic E-state index is 0.116. The lowest BCUT2D eigenvalue weighted by atomic mass is 9.87. The van der Waals surface area contributed by atoms with Crippen LogP contribution in [0, 0.1) is 5.92 Å². The Morgan fingerprint density at radius 2 is 2.15 bits per heavy atom. The highest BCUT2D eigenvalue weighted by molar-refractivity contribution is 5.79. The fourth-order valence-corrected chi connectivity index (χ4v) is 2.01. The molecule has 1 aliphatic rings. The molecule has 1 amide bonds. The highest BCUT2D eigenvalue weighted by Gasteiger charge is 2.24. The molecule has 0 saturated carbocycles. The van der Waals surface area contributed by atoms with Crippen LogP contribution in [0.4, 0.5) is 0 Å². The topological polar surface area (TPSA) is 50.4 Å². The third-order valence-corrected chi connectivity index (χ3v) is 3.52. The Morgan fingerprint density at radius 3 is 2.75 bits per heavy atom. The van der Waals surface area contributed by atoms with Crippen LogP contribution >= 0.6 is 0 Å². The smallest absolute Gasteiger partial charge is 0.225 e. The van der Waals surface area contributed by atoms with E-state index in [-0.39, 0.29) is 17.2 Å². The van der Waals surface area contributed by atoms with Gasteiger partial charge in [0, 0.05) is 13.1 Å². The number of amides is 1. The molecule has 1 fully saturated rings. The minimum Gasteiger partial charge on any atom is -0.492 e. The maximum Gasteiger partial charge on any atom is 0.225 e. The molecule has 0 radical (unpaired) electrons. The third kappa shape index (κ3) is 3.97. The molecular formula is C16H24N2O2. The summed E-state index contributed by atoms with van der Waals surface area (Å²) in [4.78, 5) is 11.6. The molecule has 4 nitrogen and oxygen atoms in total. The van der Waals surface area contributed by atoms with Crippen LogP contribution in [0.25, 0.3) is 0 Å². The summed E-state index contributed by atoms with van der Waals surface area (Å²) in [5, 5.41) is 5.98. The number of carbonyl (C=O) groups excluding carboxylic acids is 1. The zero-order valence-electron chi connectivity index (χ0n) is 12.5. The van der Waals surface area contributed by atoms with E-state index in [4.69, 9.17) is 4.74 Å². The number of benzene rings is 1. The first-order valence-corrected chi connectivity index (χ1v) is 7.18. The number of ether oxygens (including phenoxy) is 1. The largest absolute Gasteiger partial charge is 0.492 e. The molecule has 20 heavy (non-hydrogen) atoms. The van der Waals surface area contributed by atoms with Gasteiger partial charge in [0.05, 0.1) is 12.5 Å². The summed E-state index contributed by atoms with van der Waals surface area (Å²) in [6.45, 7) is 9.17. The monoisotopic (exact) mass is 276 g/mol. The van der Waals surface area contributed by atoms with E-state index in [1.807, 2.05) is 12.1 Å². The van der Waals surface area contributed by atoms with Crippen molar-refractivity contribution in [2.45, 2.75) is 26.2 Å². The molecule has 0 atom stereocenters. The van der Waals surface area contributed by atoms with Crippen molar-refractivity contribution in [2.24, 2.45) is 5.92 Å². The Bertz CT molecular complexity index is 462. The van der Waals surface area contributed by atoms with Gasteiger partial charge >= 0.3 is 0 Å². The summed E-state index contributed by atoms with van der Waals surface area (Å²) in [5.41, 5.74) is 1.37. The zero-order chi connectivity index (χ0) is 14.6. The van der Waals surface area contributed by atoms with E-state index in [1.165, 1.54) is 5.56 Å². The maximum atomic E-state index is 11.6. The lowest BCUT2D eigenvalue weighted by molar-refractivity contribution is -0.126. The van der Waals surface area contributed by atoms with Crippen LogP contribution in [0.1, 0.15) is 26.3 Å². The summed E-state index contributed by atoms with van der Waals surface area (Å²) >= 11 is 0. The quantitative estimate of drug-likeness (QED) is 0.805. The first-order chi connectivity index (χ1) is 9.47. The zero-order valence-corrected chi connectivity index (χ0v) is 12.5. The molecule has 0 unspecified atom stereocenters. The van der Waals surface area contributed by atoms with Crippen LogP contribution in [0.5, 0.6) is 5.75 Å². The summed E-state index contributed by atoms with van der Waals surface area (Å²) < 4.78 is 5.69. The number of carbonyl (C=O) groups is 1. The molecular weight excluding hydrogens is 252 g/mol. The summed E-state index contributed by atoms with van der Waals surface area (Å²) in [6.07, 6.45) is 0. The Labute approximate surface area is 120 Å². The second-order valence-corrected chi connectivity index (χ2v) is 6.27. The van der Waals surface area contributed by atoms with Crippen molar-refractivity contribution >= 4 is 5.91 Å². The molecule has 110 valence electrons. The van der Waals surface area contributed by atoms with Crippen LogP contribution in [0.2, 0.25) is 0 Å². The molecule has 0 aromatic heterocycles. The predicted molar refractivity (Wildman–Crippen MR) is 80.0 cm³/mol. The van der Waals surface area contributed by atoms with Gasteiger partial charge in [-0.1, -0.05) is 32.9 Å². The molecule has 1 aromatic rings. The normalized spacial score (nSPS) is 15.6. The Kier molecular flexibility index (Phi) is 4.65. The van der Waals surface area contributed by atoms with Gasteiger partial charge in [-0.05, 0) is 23.1 Å². The van der Waals surface area contributed by atoms with E-state index < -0.39 is 0 Å². The van der Waals surface area contributed by atoms with Crippen molar-refractivity contribution in [1.82, 2.24) is 10.6 Å². The Hall–Kier alpha value is -1.55. The van der Waals surface area contributed by atoms with Gasteiger partial charge in [0.15, 0.2) is 0 Å². The predicted octanol–water partition coefficient (Wildman–Crippen LogP) is 1.70. The fourth-order valence-electron chi connectivity index (χ4n) is 2.01. The number of hydrogen-bond acceptors (Lipinski definition) is 3. The molecule has 1 saturated heterocycles. The average Bonchev–Trinajstić information content (AvgIpc) is 2.32. The standard InChI is InChI=1S/C16H24N2O2/c1-16(2,3)13-5-4-6-14(9-13)20-8-7-18-15(19)12-10-17-11-12/h4-6,9,12,17H,7-8,10-11H2,1-3H3,(H,18,19). The van der Waals surface area contributed by atoms with Gasteiger partial charge in [-0.3, -0.25) is 4.79 Å². The van der Waals surface area contributed by atoms with Gasteiger partial charge in [-0.15, -0.1) is 0 Å². The first kappa shape index (κ1) is 14.9. The highest BCUT2D eigenvalue weighted by atomic mass is 16.5. The van der Waals surface area contributed by atoms with Crippen molar-refractivity contribution in [1.29, 1.82) is 0 Å². The van der Waals surface area contributed by atoms with Gasteiger partial charge in [0.2, 0.25) is 5.91 Å². The molecule has 0 bridgehead atoms. The van der Waals surface area contributed by atoms with Crippen LogP contribution in [0.3, 0.4) is 0 Å². The van der Waals surface area contributed by atoms with Gasteiger partial charge in [-0.25, -0.2) is 0 Å². The lowest BCUT2D eigenvalue weighted by Gasteiger charge is -2.25. The van der Waals surface area contributed by atoms with E-state index in [1.54, 1.807) is 0 Å². The number of rotatable bonds is 5. The minimum absolute atomic E-state index is 0.116. The number of nitrogens with one attached hydrogen (secondary N) is 2. The molecule has 2 N–H and O–H groups in total. The molecule has 1 aliphatic heterocycles. The molecule has 4 heteroatoms. The second kappa shape index (κ2) is 6.27. The van der Waals surface area contributed by atoms with Crippen LogP contribution in [-0.2, 0) is 10.2 Å². The van der Waals surface area contributed by atoms with Crippen molar-refractivity contribution in [2.75, 3.05) is 26.2 Å². The fraction of sp³-hybridized carbons (Fsp3) is 0.562. The third-order valence-electron chi connectivity index (χ3n) is 3.52. The highest BCUT2D eigenvalue weighted by Crippen LogP contribution is 2.25. The van der Waals surface area contributed by atoms with E-state index in [2.05, 4.69) is 43.5 Å². The van der Waals surface area contributed by atoms with Crippen molar-refractivity contribution in [3.8, 4) is 5.75 Å². The first-order valence-electron chi connectivity index (χ1n) is 7.18. The van der Waals surface area contributed by atoms with Crippen LogP contribution < -0.4 is 15.4 Å². The van der Waals surface area contributed by atoms with Gasteiger partial charge in [0.1, 0.15) is 12.4 Å². The van der Waals surface area contributed by atoms with E-state index in [9.17, 15) is 4.79 Å². The molecule has 1 heterocycles. The van der Waals surface area contributed by atoms with Crippen molar-refractivity contribution in [3.05, 3.63) is 29.8 Å². The maximum absolute atomic E-state index is 11.6. The summed E-state index contributed by atoms with van der Waals surface area (Å²) in [5.74, 6) is 1.12. The molecule has 1 aromatic carbocycles. The van der Waals surface area contributed by atoms with Gasteiger partial charge < -0.3 is 15.4 Å². The Balaban J connectivity index is 1.75.